The van der Waals surface area contributed by atoms with Crippen molar-refractivity contribution in [3.8, 4) is 0 Å². The first kappa shape index (κ1) is 37.3. The number of carbonyl (C=O) groups is 4. The normalized spacial score (nSPS) is 26.0. The number of anilines is 1. The number of aliphatic hydroxyl groups excluding tert-OH is 1. The lowest BCUT2D eigenvalue weighted by Crippen LogP contribution is -2.60. The first-order valence-corrected chi connectivity index (χ1v) is 17.8. The third-order valence-corrected chi connectivity index (χ3v) is 10.8. The molecule has 5 rings (SSSR count). The SMILES string of the molecule is C=CCCC(=O)N[C@H](C)[C@@H](OC(=O)[C@@H]1[C@H]2C(=O)N([C@@H](CO)[C@@H](C)CC)[C@H](C(=O)N(CC=C)c3ccc(Cl)cc3)[C@]23CC[C@H]1O3)c1ccccc1. The van der Waals surface area contributed by atoms with Crippen LogP contribution in [0, 0.1) is 17.8 Å². The number of aliphatic hydroxyl groups is 1. The van der Waals surface area contributed by atoms with Crippen molar-refractivity contribution in [3.05, 3.63) is 90.5 Å². The molecular formula is C39H48ClN3O7. The fourth-order valence-electron chi connectivity index (χ4n) is 7.97. The van der Waals surface area contributed by atoms with Gasteiger partial charge in [-0.1, -0.05) is 74.4 Å². The Bertz CT molecular complexity index is 1570. The summed E-state index contributed by atoms with van der Waals surface area (Å²) < 4.78 is 12.9. The Balaban J connectivity index is 1.52. The molecule has 3 heterocycles. The van der Waals surface area contributed by atoms with Crippen LogP contribution in [0.2, 0.25) is 5.02 Å². The number of esters is 1. The number of nitrogens with one attached hydrogen (secondary N) is 1. The third kappa shape index (κ3) is 6.98. The van der Waals surface area contributed by atoms with Crippen molar-refractivity contribution in [1.29, 1.82) is 0 Å². The molecule has 10 nitrogen and oxygen atoms in total. The molecule has 268 valence electrons. The Kier molecular flexibility index (Phi) is 11.9. The van der Waals surface area contributed by atoms with Crippen molar-refractivity contribution in [2.75, 3.05) is 18.1 Å². The van der Waals surface area contributed by atoms with E-state index in [1.807, 2.05) is 44.2 Å². The van der Waals surface area contributed by atoms with Crippen LogP contribution in [0.3, 0.4) is 0 Å². The number of allylic oxidation sites excluding steroid dienone is 1. The van der Waals surface area contributed by atoms with Gasteiger partial charge in [0.15, 0.2) is 0 Å². The second-order valence-corrected chi connectivity index (χ2v) is 14.0. The van der Waals surface area contributed by atoms with E-state index < -0.39 is 65.6 Å². The molecule has 2 bridgehead atoms. The molecule has 0 aromatic heterocycles. The van der Waals surface area contributed by atoms with E-state index in [0.29, 0.717) is 42.0 Å². The first-order chi connectivity index (χ1) is 24.0. The van der Waals surface area contributed by atoms with Gasteiger partial charge in [0.1, 0.15) is 17.7 Å². The number of benzene rings is 2. The van der Waals surface area contributed by atoms with Crippen molar-refractivity contribution in [2.24, 2.45) is 17.8 Å². The van der Waals surface area contributed by atoms with Crippen molar-refractivity contribution >= 4 is 41.0 Å². The van der Waals surface area contributed by atoms with E-state index in [0.717, 1.165) is 0 Å². The summed E-state index contributed by atoms with van der Waals surface area (Å²) in [6.07, 6.45) is 3.99. The van der Waals surface area contributed by atoms with Gasteiger partial charge in [-0.3, -0.25) is 19.2 Å². The van der Waals surface area contributed by atoms with Crippen LogP contribution in [-0.4, -0.2) is 76.7 Å². The number of hydrogen-bond donors (Lipinski definition) is 2. The van der Waals surface area contributed by atoms with Gasteiger partial charge in [0.25, 0.3) is 5.91 Å². The summed E-state index contributed by atoms with van der Waals surface area (Å²) in [5.41, 5.74) is -0.0696. The second kappa shape index (κ2) is 15.9. The Hall–Kier alpha value is -3.99. The molecule has 3 amide bonds. The molecule has 50 heavy (non-hydrogen) atoms. The van der Waals surface area contributed by atoms with Crippen LogP contribution in [-0.2, 0) is 28.7 Å². The average molecular weight is 706 g/mol. The number of likely N-dealkylation sites (tertiary alicyclic amines) is 1. The average Bonchev–Trinajstić information content (AvgIpc) is 3.76. The lowest BCUT2D eigenvalue weighted by Gasteiger charge is -2.40. The maximum absolute atomic E-state index is 14.9. The number of fused-ring (bicyclic) bond motifs is 1. The number of halogens is 1. The van der Waals surface area contributed by atoms with Crippen molar-refractivity contribution in [3.63, 3.8) is 0 Å². The van der Waals surface area contributed by atoms with E-state index >= 15 is 0 Å². The number of carbonyl (C=O) groups excluding carboxylic acids is 4. The van der Waals surface area contributed by atoms with Crippen LogP contribution in [0.1, 0.15) is 64.5 Å². The quantitative estimate of drug-likeness (QED) is 0.177. The molecule has 3 aliphatic rings. The minimum Gasteiger partial charge on any atom is -0.455 e. The molecule has 1 spiro atoms. The number of ether oxygens (including phenoxy) is 2. The first-order valence-electron chi connectivity index (χ1n) is 17.5. The van der Waals surface area contributed by atoms with E-state index in [4.69, 9.17) is 21.1 Å². The fraction of sp³-hybridized carbons (Fsp3) is 0.487. The summed E-state index contributed by atoms with van der Waals surface area (Å²) in [6, 6.07) is 13.6. The molecule has 3 saturated heterocycles. The van der Waals surface area contributed by atoms with E-state index in [9.17, 15) is 24.3 Å². The van der Waals surface area contributed by atoms with Gasteiger partial charge in [0.2, 0.25) is 11.8 Å². The predicted octanol–water partition coefficient (Wildman–Crippen LogP) is 5.40. The Morgan fingerprint density at radius 3 is 2.46 bits per heavy atom. The lowest BCUT2D eigenvalue weighted by atomic mass is 9.70. The molecule has 3 aliphatic heterocycles. The second-order valence-electron chi connectivity index (χ2n) is 13.6. The summed E-state index contributed by atoms with van der Waals surface area (Å²) in [5.74, 6) is -3.80. The monoisotopic (exact) mass is 705 g/mol. The maximum Gasteiger partial charge on any atom is 0.313 e. The van der Waals surface area contributed by atoms with Crippen LogP contribution in [0.15, 0.2) is 79.9 Å². The van der Waals surface area contributed by atoms with Crippen molar-refractivity contribution in [1.82, 2.24) is 10.2 Å². The lowest BCUT2D eigenvalue weighted by molar-refractivity contribution is -0.162. The van der Waals surface area contributed by atoms with Gasteiger partial charge in [0.05, 0.1) is 36.6 Å². The molecule has 9 atom stereocenters. The van der Waals surface area contributed by atoms with Gasteiger partial charge >= 0.3 is 5.97 Å². The maximum atomic E-state index is 14.9. The van der Waals surface area contributed by atoms with E-state index in [2.05, 4.69) is 18.5 Å². The highest BCUT2D eigenvalue weighted by Crippen LogP contribution is 2.59. The summed E-state index contributed by atoms with van der Waals surface area (Å²) in [4.78, 5) is 59.7. The van der Waals surface area contributed by atoms with Crippen LogP contribution < -0.4 is 10.2 Å². The van der Waals surface area contributed by atoms with Gasteiger partial charge in [-0.05, 0) is 61.9 Å². The van der Waals surface area contributed by atoms with Crippen LogP contribution in [0.25, 0.3) is 0 Å². The minimum absolute atomic E-state index is 0.150. The molecule has 11 heteroatoms. The largest absolute Gasteiger partial charge is 0.455 e. The van der Waals surface area contributed by atoms with Gasteiger partial charge in [-0.25, -0.2) is 0 Å². The predicted molar refractivity (Wildman–Crippen MR) is 191 cm³/mol. The summed E-state index contributed by atoms with van der Waals surface area (Å²) >= 11 is 6.17. The van der Waals surface area contributed by atoms with Crippen LogP contribution in [0.4, 0.5) is 5.69 Å². The highest BCUT2D eigenvalue weighted by atomic mass is 35.5. The minimum atomic E-state index is -1.32. The van der Waals surface area contributed by atoms with Crippen LogP contribution >= 0.6 is 11.6 Å². The fourth-order valence-corrected chi connectivity index (χ4v) is 8.10. The Morgan fingerprint density at radius 2 is 1.84 bits per heavy atom. The number of hydrogen-bond acceptors (Lipinski definition) is 7. The summed E-state index contributed by atoms with van der Waals surface area (Å²) in [6.45, 7) is 13.0. The molecule has 0 aliphatic carbocycles. The van der Waals surface area contributed by atoms with Gasteiger partial charge in [-0.15, -0.1) is 13.2 Å². The zero-order valence-electron chi connectivity index (χ0n) is 29.0. The third-order valence-electron chi connectivity index (χ3n) is 10.6. The number of amides is 3. The highest BCUT2D eigenvalue weighted by molar-refractivity contribution is 6.30. The molecule has 2 aromatic carbocycles. The van der Waals surface area contributed by atoms with E-state index in [-0.39, 0.29) is 31.4 Å². The van der Waals surface area contributed by atoms with Gasteiger partial charge in [0, 0.05) is 23.7 Å². The smallest absolute Gasteiger partial charge is 0.313 e. The molecule has 0 radical (unpaired) electrons. The van der Waals surface area contributed by atoms with Crippen LogP contribution in [0.5, 0.6) is 0 Å². The molecule has 3 fully saturated rings. The van der Waals surface area contributed by atoms with E-state index in [1.54, 1.807) is 48.2 Å². The zero-order valence-corrected chi connectivity index (χ0v) is 29.8. The van der Waals surface area contributed by atoms with Gasteiger partial charge < -0.3 is 29.7 Å². The molecule has 0 unspecified atom stereocenters. The number of nitrogens with zero attached hydrogens (tertiary/aromatic N) is 2. The highest BCUT2D eigenvalue weighted by Gasteiger charge is 2.76. The molecular weight excluding hydrogens is 658 g/mol. The molecule has 2 N–H and O–H groups in total. The van der Waals surface area contributed by atoms with E-state index in [1.165, 1.54) is 4.90 Å². The standard InChI is InChI=1S/C39H48ClN3O7/c1-6-9-15-31(45)41-25(5)34(26-13-11-10-12-14-26)49-38(48)32-30-20-21-39(50-30)33(32)36(46)43(29(23-44)24(4)8-3)35(39)37(47)42(22-7-2)28-18-16-27(40)17-19-28/h6-7,10-14,16-19,24-25,29-30,32-35,44H,1-2,8-9,15,20-23H2,3-5H3,(H,41,45)/t24-,25+,29-,30+,32-,33-,34+,35+,39-/m0/s1. The zero-order chi connectivity index (χ0) is 36.2. The Labute approximate surface area is 299 Å². The topological polar surface area (TPSA) is 125 Å². The summed E-state index contributed by atoms with van der Waals surface area (Å²) in [7, 11) is 0. The van der Waals surface area contributed by atoms with Gasteiger partial charge in [-0.2, -0.15) is 0 Å². The van der Waals surface area contributed by atoms with Crippen molar-refractivity contribution < 1.29 is 33.8 Å². The Morgan fingerprint density at radius 1 is 1.14 bits per heavy atom. The molecule has 0 saturated carbocycles. The van der Waals surface area contributed by atoms with Crippen molar-refractivity contribution in [2.45, 2.75) is 88.8 Å². The molecule has 2 aromatic rings. The summed E-state index contributed by atoms with van der Waals surface area (Å²) in [5, 5.41) is 14.2. The number of rotatable bonds is 16.